The molecule has 0 saturated carbocycles. The van der Waals surface area contributed by atoms with Crippen LogP contribution in [0.4, 0.5) is 5.69 Å². The molecule has 8 nitrogen and oxygen atoms in total. The van der Waals surface area contributed by atoms with Crippen LogP contribution in [0.25, 0.3) is 31.2 Å². The summed E-state index contributed by atoms with van der Waals surface area (Å²) in [7, 11) is 0. The van der Waals surface area contributed by atoms with E-state index in [4.69, 9.17) is 5.11 Å². The number of aromatic nitrogens is 2. The number of anilines is 1. The lowest BCUT2D eigenvalue weighted by atomic mass is 10.1. The Balaban J connectivity index is 0.00000306. The van der Waals surface area contributed by atoms with E-state index in [1.165, 1.54) is 23.5 Å². The van der Waals surface area contributed by atoms with Crippen molar-refractivity contribution in [2.45, 2.75) is 20.4 Å². The van der Waals surface area contributed by atoms with Gasteiger partial charge in [-0.1, -0.05) is 13.8 Å². The molecule has 10 heteroatoms. The topological polar surface area (TPSA) is 106 Å². The lowest BCUT2D eigenvalue weighted by molar-refractivity contribution is 0.287. The van der Waals surface area contributed by atoms with Crippen LogP contribution in [0.3, 0.4) is 0 Å². The van der Waals surface area contributed by atoms with Crippen LogP contribution in [-0.2, 0) is 6.54 Å². The van der Waals surface area contributed by atoms with E-state index in [2.05, 4.69) is 51.3 Å². The molecule has 33 heavy (non-hydrogen) atoms. The average Bonchev–Trinajstić information content (AvgIpc) is 3.17. The Morgan fingerprint density at radius 3 is 2.58 bits per heavy atom. The lowest BCUT2D eigenvalue weighted by Gasteiger charge is -2.18. The normalized spacial score (nSPS) is 11.6. The molecule has 0 unspecified atom stereocenters. The van der Waals surface area contributed by atoms with Crippen molar-refractivity contribution in [2.75, 3.05) is 51.2 Å². The van der Waals surface area contributed by atoms with Crippen LogP contribution in [0.2, 0.25) is 0 Å². The van der Waals surface area contributed by atoms with E-state index < -0.39 is 0 Å². The summed E-state index contributed by atoms with van der Waals surface area (Å²) in [5.41, 5.74) is 2.69. The molecule has 0 aliphatic heterocycles. The van der Waals surface area contributed by atoms with Crippen molar-refractivity contribution in [3.05, 3.63) is 34.5 Å². The summed E-state index contributed by atoms with van der Waals surface area (Å²) in [6.45, 7) is 10.1. The lowest BCUT2D eigenvalue weighted by Crippen LogP contribution is -2.27. The maximum absolute atomic E-state index is 12.8. The first-order chi connectivity index (χ1) is 15.6. The summed E-state index contributed by atoms with van der Waals surface area (Å²) in [6, 6.07) is 7.05. The fourth-order valence-electron chi connectivity index (χ4n) is 4.16. The maximum atomic E-state index is 12.8. The van der Waals surface area contributed by atoms with Gasteiger partial charge in [0.2, 0.25) is 0 Å². The molecule has 0 bridgehead atoms. The number of phenols is 1. The van der Waals surface area contributed by atoms with Crippen molar-refractivity contribution >= 4 is 65.2 Å². The van der Waals surface area contributed by atoms with E-state index in [0.717, 1.165) is 59.5 Å². The SMILES string of the molecule is Br.CCN(CC)CCn1[nH]c2c3c(=O)ccc(O)c3sc3c(NCCNCCO)ccc1c32. The number of hydrogen-bond acceptors (Lipinski definition) is 7. The first-order valence-electron chi connectivity index (χ1n) is 11.2. The molecular weight excluding hydrogens is 506 g/mol. The van der Waals surface area contributed by atoms with Gasteiger partial charge in [-0.15, -0.1) is 28.3 Å². The van der Waals surface area contributed by atoms with Gasteiger partial charge in [0.1, 0.15) is 5.75 Å². The molecule has 4 aromatic rings. The van der Waals surface area contributed by atoms with Gasteiger partial charge in [0.15, 0.2) is 5.43 Å². The number of benzene rings is 2. The van der Waals surface area contributed by atoms with Crippen molar-refractivity contribution in [3.8, 4) is 5.75 Å². The fraction of sp³-hybridized carbons (Fsp3) is 0.435. The zero-order valence-electron chi connectivity index (χ0n) is 19.0. The van der Waals surface area contributed by atoms with Crippen LogP contribution >= 0.6 is 28.3 Å². The maximum Gasteiger partial charge on any atom is 0.189 e. The van der Waals surface area contributed by atoms with E-state index in [0.29, 0.717) is 23.2 Å². The molecule has 0 aliphatic carbocycles. The third-order valence-corrected chi connectivity index (χ3v) is 7.16. The minimum Gasteiger partial charge on any atom is -0.506 e. The second kappa shape index (κ2) is 11.3. The molecule has 0 fully saturated rings. The van der Waals surface area contributed by atoms with Crippen LogP contribution in [0.15, 0.2) is 29.1 Å². The van der Waals surface area contributed by atoms with Gasteiger partial charge < -0.3 is 25.7 Å². The number of nitrogens with one attached hydrogen (secondary N) is 3. The van der Waals surface area contributed by atoms with E-state index in [9.17, 15) is 9.90 Å². The molecule has 0 amide bonds. The first-order valence-corrected chi connectivity index (χ1v) is 12.0. The predicted octanol–water partition coefficient (Wildman–Crippen LogP) is 3.32. The molecule has 2 aromatic carbocycles. The quantitative estimate of drug-likeness (QED) is 0.148. The molecule has 0 atom stereocenters. The number of halogens is 1. The van der Waals surface area contributed by atoms with Crippen LogP contribution < -0.4 is 16.1 Å². The van der Waals surface area contributed by atoms with Gasteiger partial charge in [-0.05, 0) is 37.4 Å². The van der Waals surface area contributed by atoms with Gasteiger partial charge in [-0.2, -0.15) is 0 Å². The summed E-state index contributed by atoms with van der Waals surface area (Å²) >= 11 is 1.44. The first kappa shape index (κ1) is 25.5. The third-order valence-electron chi connectivity index (χ3n) is 5.92. The summed E-state index contributed by atoms with van der Waals surface area (Å²) < 4.78 is 3.71. The van der Waals surface area contributed by atoms with Gasteiger partial charge in [-0.3, -0.25) is 14.6 Å². The minimum absolute atomic E-state index is 0. The van der Waals surface area contributed by atoms with E-state index in [1.54, 1.807) is 0 Å². The highest BCUT2D eigenvalue weighted by Crippen LogP contribution is 2.42. The number of phenolic OH excluding ortho intramolecular Hbond substituents is 1. The van der Waals surface area contributed by atoms with Gasteiger partial charge in [0.05, 0.1) is 44.7 Å². The Hall–Kier alpha value is -2.11. The molecule has 180 valence electrons. The van der Waals surface area contributed by atoms with Crippen LogP contribution in [0.1, 0.15) is 13.8 Å². The van der Waals surface area contributed by atoms with Gasteiger partial charge in [-0.25, -0.2) is 0 Å². The Morgan fingerprint density at radius 2 is 1.85 bits per heavy atom. The molecule has 0 spiro atoms. The summed E-state index contributed by atoms with van der Waals surface area (Å²) in [4.78, 5) is 15.1. The molecule has 5 N–H and O–H groups in total. The van der Waals surface area contributed by atoms with Crippen molar-refractivity contribution in [3.63, 3.8) is 0 Å². The van der Waals surface area contributed by atoms with Crippen molar-refractivity contribution in [1.29, 1.82) is 0 Å². The largest absolute Gasteiger partial charge is 0.506 e. The molecule has 0 saturated heterocycles. The minimum atomic E-state index is -0.0958. The van der Waals surface area contributed by atoms with Crippen molar-refractivity contribution in [1.82, 2.24) is 20.0 Å². The molecule has 0 radical (unpaired) electrons. The standard InChI is InChI=1S/C23H31N5O3S.BrH/c1-3-27(4-2)12-13-28-16-6-5-15(25-10-9-24-11-14-29)22-19(16)21(26-28)20-17(30)7-8-18(31)23(20)32-22;/h5-8,24-26,29,31H,3-4,9-14H2,1-2H3;1H. The van der Waals surface area contributed by atoms with Crippen LogP contribution in [0.5, 0.6) is 5.75 Å². The number of aliphatic hydroxyl groups is 1. The second-order valence-electron chi connectivity index (χ2n) is 7.79. The molecule has 2 aromatic heterocycles. The Bertz CT molecular complexity index is 1280. The number of rotatable bonds is 11. The van der Waals surface area contributed by atoms with E-state index >= 15 is 0 Å². The smallest absolute Gasteiger partial charge is 0.189 e. The van der Waals surface area contributed by atoms with Crippen LogP contribution in [-0.4, -0.2) is 70.8 Å². The number of aromatic amines is 1. The Labute approximate surface area is 206 Å². The van der Waals surface area contributed by atoms with Crippen molar-refractivity contribution < 1.29 is 10.2 Å². The second-order valence-corrected chi connectivity index (χ2v) is 8.81. The third kappa shape index (κ3) is 5.04. The summed E-state index contributed by atoms with van der Waals surface area (Å²) in [5.74, 6) is 0.118. The summed E-state index contributed by atoms with van der Waals surface area (Å²) in [6.07, 6.45) is 0. The average molecular weight is 539 g/mol. The fourth-order valence-corrected chi connectivity index (χ4v) is 5.40. The number of aromatic hydroxyl groups is 1. The highest BCUT2D eigenvalue weighted by Gasteiger charge is 2.19. The molecule has 4 rings (SSSR count). The monoisotopic (exact) mass is 537 g/mol. The zero-order chi connectivity index (χ0) is 22.7. The number of aliphatic hydroxyl groups excluding tert-OH is 1. The number of fused-ring (bicyclic) bond motifs is 2. The Morgan fingerprint density at radius 1 is 1.06 bits per heavy atom. The molecule has 2 heterocycles. The van der Waals surface area contributed by atoms with E-state index in [1.807, 2.05) is 0 Å². The predicted molar refractivity (Wildman–Crippen MR) is 144 cm³/mol. The molecular formula is C23H32BrN5O3S. The Kier molecular flexibility index (Phi) is 8.77. The van der Waals surface area contributed by atoms with Crippen molar-refractivity contribution in [2.24, 2.45) is 0 Å². The number of nitrogens with zero attached hydrogens (tertiary/aromatic N) is 2. The summed E-state index contributed by atoms with van der Waals surface area (Å²) in [5, 5.41) is 31.1. The number of H-pyrrole nitrogens is 1. The molecule has 0 aliphatic rings. The zero-order valence-corrected chi connectivity index (χ0v) is 21.5. The van der Waals surface area contributed by atoms with E-state index in [-0.39, 0.29) is 34.8 Å². The number of hydrogen-bond donors (Lipinski definition) is 5. The highest BCUT2D eigenvalue weighted by atomic mass is 79.9. The van der Waals surface area contributed by atoms with Gasteiger partial charge >= 0.3 is 0 Å². The van der Waals surface area contributed by atoms with Gasteiger partial charge in [0.25, 0.3) is 0 Å². The number of likely N-dealkylation sites (N-methyl/N-ethyl adjacent to an activating group) is 1. The van der Waals surface area contributed by atoms with Gasteiger partial charge in [0, 0.05) is 31.6 Å². The van der Waals surface area contributed by atoms with Crippen LogP contribution in [0, 0.1) is 0 Å². The highest BCUT2D eigenvalue weighted by molar-refractivity contribution is 8.93.